The van der Waals surface area contributed by atoms with Crippen LogP contribution >= 0.6 is 12.0 Å². The second kappa shape index (κ2) is 7.11. The molecule has 0 fully saturated rings. The summed E-state index contributed by atoms with van der Waals surface area (Å²) in [4.78, 5) is 21.8. The van der Waals surface area contributed by atoms with E-state index in [1.54, 1.807) is 6.26 Å². The first-order valence-electron chi connectivity index (χ1n) is 3.73. The minimum absolute atomic E-state index is 0. The van der Waals surface area contributed by atoms with Crippen LogP contribution in [0.1, 0.15) is 23.6 Å². The number of carbonyl (C=O) groups is 2. The molecule has 0 spiro atoms. The number of aromatic carboxylic acids is 1. The zero-order valence-electron chi connectivity index (χ0n) is 10.1. The molecule has 0 bridgehead atoms. The maximum atomic E-state index is 11.2. The third-order valence-corrected chi connectivity index (χ3v) is 1.82. The van der Waals surface area contributed by atoms with E-state index in [-0.39, 0.29) is 51.7 Å². The Balaban J connectivity index is -0.000000653. The first-order valence-corrected chi connectivity index (χ1v) is 4.88. The minimum atomic E-state index is -1.07. The van der Waals surface area contributed by atoms with Gasteiger partial charge in [-0.1, -0.05) is 6.07 Å². The molecule has 0 radical (unpaired) electrons. The van der Waals surface area contributed by atoms with Crippen molar-refractivity contribution in [3.8, 4) is 0 Å². The van der Waals surface area contributed by atoms with Gasteiger partial charge in [0.05, 0.1) is 23.2 Å². The molecule has 4 nitrogen and oxygen atoms in total. The molecule has 0 aliphatic carbocycles. The number of hydrogen-bond acceptors (Lipinski definition) is 4. The Bertz CT molecular complexity index is 376. The molecule has 1 aromatic carbocycles. The Morgan fingerprint density at radius 1 is 1.40 bits per heavy atom. The summed E-state index contributed by atoms with van der Waals surface area (Å²) >= 11 is 0.922. The smallest absolute Gasteiger partial charge is 1.00 e. The van der Waals surface area contributed by atoms with Crippen LogP contribution in [0.5, 0.6) is 0 Å². The van der Waals surface area contributed by atoms with Crippen LogP contribution < -0.4 is 0 Å². The van der Waals surface area contributed by atoms with Crippen molar-refractivity contribution in [2.45, 2.75) is 0 Å². The van der Waals surface area contributed by atoms with Crippen molar-refractivity contribution < 1.29 is 21.7 Å². The first-order chi connectivity index (χ1) is 6.65. The molecule has 78 valence electrons. The van der Waals surface area contributed by atoms with Gasteiger partial charge in [-0.05, 0) is 18.2 Å². The Morgan fingerprint density at radius 3 is 2.53 bits per heavy atom. The second-order valence-corrected chi connectivity index (χ2v) is 2.92. The molecule has 6 heteroatoms. The van der Waals surface area contributed by atoms with Gasteiger partial charge < -0.3 is 12.1 Å². The van der Waals surface area contributed by atoms with Gasteiger partial charge in [0.1, 0.15) is 0 Å². The molecule has 0 aliphatic heterocycles. The number of carbonyl (C=O) groups excluding carboxylic acids is 1. The van der Waals surface area contributed by atoms with Crippen molar-refractivity contribution >= 4 is 61.7 Å². The van der Waals surface area contributed by atoms with E-state index in [1.165, 1.54) is 24.3 Å². The van der Waals surface area contributed by atoms with Gasteiger partial charge in [-0.25, -0.2) is 9.59 Å². The van der Waals surface area contributed by atoms with Crippen LogP contribution in [-0.2, 0) is 4.18 Å². The molecule has 0 saturated heterocycles. The molecule has 0 saturated carbocycles. The zero-order valence-corrected chi connectivity index (χ0v) is 11.1. The van der Waals surface area contributed by atoms with Crippen LogP contribution in [-0.4, -0.2) is 61.0 Å². The van der Waals surface area contributed by atoms with Gasteiger partial charge in [0.25, 0.3) is 0 Å². The van der Waals surface area contributed by atoms with Crippen molar-refractivity contribution in [2.75, 3.05) is 6.26 Å². The molecular weight excluding hydrogens is 244 g/mol. The molecule has 1 rings (SSSR count). The van der Waals surface area contributed by atoms with Crippen LogP contribution in [0.3, 0.4) is 0 Å². The summed E-state index contributed by atoms with van der Waals surface area (Å²) in [6.45, 7) is 0. The summed E-state index contributed by atoms with van der Waals surface area (Å²) in [6.07, 6.45) is 1.61. The van der Waals surface area contributed by atoms with Crippen molar-refractivity contribution in [2.24, 2.45) is 0 Å². The number of hydrogen-bond donors (Lipinski definition) is 1. The number of rotatable bonds is 3. The summed E-state index contributed by atoms with van der Waals surface area (Å²) in [5.74, 6) is -1.61. The van der Waals surface area contributed by atoms with E-state index in [0.717, 1.165) is 12.0 Å². The number of benzene rings is 1. The largest absolute Gasteiger partial charge is 2.00 e. The molecule has 1 aromatic rings. The first kappa shape index (κ1) is 14.8. The molecule has 0 amide bonds. The van der Waals surface area contributed by atoms with Crippen molar-refractivity contribution in [3.05, 3.63) is 35.4 Å². The molecule has 0 aromatic heterocycles. The Morgan fingerprint density at radius 2 is 2.00 bits per heavy atom. The number of carboxylic acid groups (broad SMARTS) is 1. The fourth-order valence-corrected chi connectivity index (χ4v) is 1.15. The summed E-state index contributed by atoms with van der Waals surface area (Å²) in [6, 6.07) is 5.70. The van der Waals surface area contributed by atoms with Crippen molar-refractivity contribution in [1.29, 1.82) is 0 Å². The average Bonchev–Trinajstić information content (AvgIpc) is 2.18. The van der Waals surface area contributed by atoms with Crippen LogP contribution in [0, 0.1) is 0 Å². The van der Waals surface area contributed by atoms with Crippen LogP contribution in [0.25, 0.3) is 0 Å². The molecule has 0 heterocycles. The Kier molecular flexibility index (Phi) is 7.00. The standard InChI is InChI=1S/C9H8O4S.Ca.2H/c1-14-13-9(12)7-4-2-3-6(5-7)8(10)11;;;/h2-5H,1H3,(H,10,11);;;/q;+2;2*-1. The van der Waals surface area contributed by atoms with Gasteiger partial charge in [-0.15, -0.1) is 0 Å². The summed E-state index contributed by atoms with van der Waals surface area (Å²) in [5, 5.41) is 8.66. The maximum absolute atomic E-state index is 11.2. The summed E-state index contributed by atoms with van der Waals surface area (Å²) in [5.41, 5.74) is 0.305. The summed E-state index contributed by atoms with van der Waals surface area (Å²) < 4.78 is 4.65. The van der Waals surface area contributed by atoms with E-state index in [2.05, 4.69) is 4.18 Å². The molecule has 1 N–H and O–H groups in total. The van der Waals surface area contributed by atoms with E-state index >= 15 is 0 Å². The Labute approximate surface area is 124 Å². The van der Waals surface area contributed by atoms with Crippen molar-refractivity contribution in [3.63, 3.8) is 0 Å². The SMILES string of the molecule is CSOC(=O)c1cccc(C(=O)O)c1.[Ca+2].[H-].[H-]. The van der Waals surface area contributed by atoms with Gasteiger partial charge in [0, 0.05) is 6.26 Å². The van der Waals surface area contributed by atoms with Gasteiger partial charge in [-0.2, -0.15) is 0 Å². The number of carboxylic acids is 1. The molecule has 15 heavy (non-hydrogen) atoms. The fraction of sp³-hybridized carbons (Fsp3) is 0.111. The van der Waals surface area contributed by atoms with E-state index < -0.39 is 11.9 Å². The predicted octanol–water partition coefficient (Wildman–Crippen LogP) is 1.66. The molecule has 0 aliphatic rings. The van der Waals surface area contributed by atoms with E-state index in [9.17, 15) is 9.59 Å². The van der Waals surface area contributed by atoms with Gasteiger partial charge >= 0.3 is 49.7 Å². The normalized spacial score (nSPS) is 8.87. The van der Waals surface area contributed by atoms with Gasteiger partial charge in [0.15, 0.2) is 0 Å². The third kappa shape index (κ3) is 4.42. The minimum Gasteiger partial charge on any atom is -1.00 e. The van der Waals surface area contributed by atoms with Gasteiger partial charge in [0.2, 0.25) is 0 Å². The van der Waals surface area contributed by atoms with Crippen LogP contribution in [0.2, 0.25) is 0 Å². The van der Waals surface area contributed by atoms with Crippen LogP contribution in [0.15, 0.2) is 24.3 Å². The van der Waals surface area contributed by atoms with E-state index in [1.807, 2.05) is 0 Å². The second-order valence-electron chi connectivity index (χ2n) is 2.42. The average molecular weight is 254 g/mol. The maximum Gasteiger partial charge on any atom is 2.00 e. The van der Waals surface area contributed by atoms with E-state index in [0.29, 0.717) is 0 Å². The zero-order chi connectivity index (χ0) is 10.6. The molecule has 0 unspecified atom stereocenters. The topological polar surface area (TPSA) is 63.6 Å². The predicted molar refractivity (Wildman–Crippen MR) is 60.3 cm³/mol. The van der Waals surface area contributed by atoms with Crippen LogP contribution in [0.4, 0.5) is 0 Å². The quantitative estimate of drug-likeness (QED) is 0.656. The molecule has 0 atom stereocenters. The molecular formula is C9H10CaO4S. The van der Waals surface area contributed by atoms with Crippen molar-refractivity contribution in [1.82, 2.24) is 0 Å². The monoisotopic (exact) mass is 254 g/mol. The van der Waals surface area contributed by atoms with E-state index in [4.69, 9.17) is 5.11 Å². The third-order valence-electron chi connectivity index (χ3n) is 1.50. The summed E-state index contributed by atoms with van der Waals surface area (Å²) in [7, 11) is 0. The fourth-order valence-electron chi connectivity index (χ4n) is 0.903. The van der Waals surface area contributed by atoms with Gasteiger partial charge in [-0.3, -0.25) is 0 Å². The Hall–Kier alpha value is -0.230.